The van der Waals surface area contributed by atoms with Gasteiger partial charge in [0, 0.05) is 24.6 Å². The van der Waals surface area contributed by atoms with Gasteiger partial charge >= 0.3 is 0 Å². The molecule has 8 heteroatoms. The molecule has 8 nitrogen and oxygen atoms in total. The van der Waals surface area contributed by atoms with Crippen molar-refractivity contribution in [3.05, 3.63) is 30.0 Å². The summed E-state index contributed by atoms with van der Waals surface area (Å²) in [6.45, 7) is 5.81. The van der Waals surface area contributed by atoms with E-state index in [0.717, 1.165) is 30.8 Å². The molecule has 0 bridgehead atoms. The van der Waals surface area contributed by atoms with Crippen LogP contribution in [0.15, 0.2) is 24.4 Å². The molecular weight excluding hydrogens is 418 g/mol. The Morgan fingerprint density at radius 1 is 1.27 bits per heavy atom. The number of methoxy groups -OCH3 is 1. The first kappa shape index (κ1) is 23.0. The third-order valence-corrected chi connectivity index (χ3v) is 6.67. The Kier molecular flexibility index (Phi) is 6.54. The van der Waals surface area contributed by atoms with Gasteiger partial charge in [-0.3, -0.25) is 9.59 Å². The summed E-state index contributed by atoms with van der Waals surface area (Å²) in [6.07, 6.45) is 6.92. The summed E-state index contributed by atoms with van der Waals surface area (Å²) in [5.74, 6) is 1.83. The van der Waals surface area contributed by atoms with Crippen molar-refractivity contribution in [3.8, 4) is 5.75 Å². The number of fused-ring (bicyclic) bond motifs is 1. The van der Waals surface area contributed by atoms with Crippen LogP contribution in [0.25, 0.3) is 0 Å². The summed E-state index contributed by atoms with van der Waals surface area (Å²) in [6, 6.07) is 5.44. The van der Waals surface area contributed by atoms with Gasteiger partial charge in [-0.2, -0.15) is 4.98 Å². The summed E-state index contributed by atoms with van der Waals surface area (Å²) in [4.78, 5) is 38.7. The van der Waals surface area contributed by atoms with E-state index in [1.165, 1.54) is 12.8 Å². The minimum Gasteiger partial charge on any atom is -0.495 e. The third-order valence-electron chi connectivity index (χ3n) is 6.67. The second-order valence-electron chi connectivity index (χ2n) is 9.13. The zero-order valence-corrected chi connectivity index (χ0v) is 20.1. The average Bonchev–Trinajstić information content (AvgIpc) is 3.35. The SMILES string of the molecule is CCC1C(=O)N(C)c2cnc(Nc3ccc(C(=O)C(C)C)cc3OC)nc2N1C1CCCC1. The topological polar surface area (TPSA) is 87.7 Å². The van der Waals surface area contributed by atoms with Gasteiger partial charge in [0.2, 0.25) is 11.9 Å². The molecule has 1 fully saturated rings. The molecule has 2 aromatic rings. The van der Waals surface area contributed by atoms with Crippen molar-refractivity contribution in [2.45, 2.75) is 65.0 Å². The molecule has 1 unspecified atom stereocenters. The highest BCUT2D eigenvalue weighted by atomic mass is 16.5. The van der Waals surface area contributed by atoms with E-state index in [2.05, 4.69) is 22.1 Å². The highest BCUT2D eigenvalue weighted by molar-refractivity contribution is 6.04. The Bertz CT molecular complexity index is 1050. The molecule has 1 aromatic heterocycles. The van der Waals surface area contributed by atoms with Crippen molar-refractivity contribution < 1.29 is 14.3 Å². The Hall–Kier alpha value is -3.16. The smallest absolute Gasteiger partial charge is 0.249 e. The first-order valence-electron chi connectivity index (χ1n) is 11.8. The number of aromatic nitrogens is 2. The highest BCUT2D eigenvalue weighted by Crippen LogP contribution is 2.40. The Morgan fingerprint density at radius 2 is 2.00 bits per heavy atom. The summed E-state index contributed by atoms with van der Waals surface area (Å²) >= 11 is 0. The van der Waals surface area contributed by atoms with Crippen LogP contribution in [0.4, 0.5) is 23.1 Å². The number of hydrogen-bond donors (Lipinski definition) is 1. The molecule has 4 rings (SSSR count). The second-order valence-corrected chi connectivity index (χ2v) is 9.13. The van der Waals surface area contributed by atoms with Gasteiger partial charge in [-0.1, -0.05) is 33.6 Å². The maximum absolute atomic E-state index is 13.0. The number of likely N-dealkylation sites (N-methyl/N-ethyl adjacent to an activating group) is 1. The average molecular weight is 452 g/mol. The maximum atomic E-state index is 13.0. The van der Waals surface area contributed by atoms with Gasteiger partial charge in [-0.15, -0.1) is 0 Å². The van der Waals surface area contributed by atoms with E-state index < -0.39 is 0 Å². The first-order valence-corrected chi connectivity index (χ1v) is 11.8. The Labute approximate surface area is 195 Å². The summed E-state index contributed by atoms with van der Waals surface area (Å²) in [7, 11) is 3.37. The minimum atomic E-state index is -0.218. The van der Waals surface area contributed by atoms with Gasteiger partial charge in [-0.25, -0.2) is 4.98 Å². The number of nitrogens with one attached hydrogen (secondary N) is 1. The number of anilines is 4. The first-order chi connectivity index (χ1) is 15.8. The minimum absolute atomic E-state index is 0.0652. The van der Waals surface area contributed by atoms with Crippen molar-refractivity contribution in [2.75, 3.05) is 29.3 Å². The molecule has 1 saturated carbocycles. The third kappa shape index (κ3) is 4.26. The van der Waals surface area contributed by atoms with Gasteiger partial charge in [-0.05, 0) is 37.5 Å². The number of hydrogen-bond acceptors (Lipinski definition) is 7. The Balaban J connectivity index is 1.70. The molecule has 2 heterocycles. The predicted molar refractivity (Wildman–Crippen MR) is 130 cm³/mol. The molecule has 1 N–H and O–H groups in total. The number of carbonyl (C=O) groups excluding carboxylic acids is 2. The molecule has 1 atom stereocenters. The van der Waals surface area contributed by atoms with Crippen molar-refractivity contribution in [1.82, 2.24) is 9.97 Å². The van der Waals surface area contributed by atoms with Gasteiger partial charge < -0.3 is 19.9 Å². The largest absolute Gasteiger partial charge is 0.495 e. The summed E-state index contributed by atoms with van der Waals surface area (Å²) in [5.41, 5.74) is 2.02. The lowest BCUT2D eigenvalue weighted by Crippen LogP contribution is -2.55. The van der Waals surface area contributed by atoms with Crippen LogP contribution < -0.4 is 19.9 Å². The standard InChI is InChI=1S/C25H33N5O3/c1-6-19-24(32)29(4)20-14-26-25(28-23(20)30(19)17-9-7-8-10-17)27-18-12-11-16(13-21(18)33-5)22(31)15(2)3/h11-15,17,19H,6-10H2,1-5H3,(H,26,27,28). The second kappa shape index (κ2) is 9.37. The molecule has 1 aliphatic carbocycles. The quantitative estimate of drug-likeness (QED) is 0.617. The van der Waals surface area contributed by atoms with Crippen LogP contribution >= 0.6 is 0 Å². The van der Waals surface area contributed by atoms with Crippen molar-refractivity contribution in [1.29, 1.82) is 0 Å². The summed E-state index contributed by atoms with van der Waals surface area (Å²) in [5, 5.41) is 3.25. The van der Waals surface area contributed by atoms with E-state index in [-0.39, 0.29) is 23.7 Å². The number of nitrogens with zero attached hydrogens (tertiary/aromatic N) is 4. The molecule has 0 saturated heterocycles. The number of benzene rings is 1. The fraction of sp³-hybridized carbons (Fsp3) is 0.520. The molecule has 1 amide bonds. The van der Waals surface area contributed by atoms with Crippen LogP contribution in [0.3, 0.4) is 0 Å². The zero-order valence-electron chi connectivity index (χ0n) is 20.1. The number of carbonyl (C=O) groups is 2. The lowest BCUT2D eigenvalue weighted by Gasteiger charge is -2.43. The molecule has 1 aromatic carbocycles. The fourth-order valence-electron chi connectivity index (χ4n) is 4.84. The number of rotatable bonds is 7. The molecule has 33 heavy (non-hydrogen) atoms. The van der Waals surface area contributed by atoms with Gasteiger partial charge in [0.15, 0.2) is 11.6 Å². The van der Waals surface area contributed by atoms with Crippen LogP contribution in [0.1, 0.15) is 63.2 Å². The fourth-order valence-corrected chi connectivity index (χ4v) is 4.84. The molecule has 0 radical (unpaired) electrons. The van der Waals surface area contributed by atoms with Gasteiger partial charge in [0.1, 0.15) is 17.5 Å². The van der Waals surface area contributed by atoms with Crippen LogP contribution in [-0.2, 0) is 4.79 Å². The zero-order chi connectivity index (χ0) is 23.7. The number of ketones is 1. The van der Waals surface area contributed by atoms with Crippen molar-refractivity contribution in [3.63, 3.8) is 0 Å². The monoisotopic (exact) mass is 451 g/mol. The van der Waals surface area contributed by atoms with Crippen LogP contribution in [0.5, 0.6) is 5.75 Å². The molecule has 1 aliphatic heterocycles. The van der Waals surface area contributed by atoms with Crippen LogP contribution in [-0.4, -0.2) is 47.9 Å². The number of Topliss-reactive ketones (excluding diaryl/α,β-unsaturated/α-hetero) is 1. The number of amides is 1. The molecular formula is C25H33N5O3. The van der Waals surface area contributed by atoms with E-state index >= 15 is 0 Å². The molecule has 2 aliphatic rings. The molecule has 0 spiro atoms. The Morgan fingerprint density at radius 3 is 2.64 bits per heavy atom. The van der Waals surface area contributed by atoms with E-state index in [4.69, 9.17) is 9.72 Å². The highest BCUT2D eigenvalue weighted by Gasteiger charge is 2.41. The van der Waals surface area contributed by atoms with E-state index in [9.17, 15) is 9.59 Å². The van der Waals surface area contributed by atoms with Crippen molar-refractivity contribution >= 4 is 34.8 Å². The van der Waals surface area contributed by atoms with E-state index in [0.29, 0.717) is 29.0 Å². The normalized spacial score (nSPS) is 18.6. The summed E-state index contributed by atoms with van der Waals surface area (Å²) < 4.78 is 5.54. The van der Waals surface area contributed by atoms with Gasteiger partial charge in [0.05, 0.1) is 19.0 Å². The van der Waals surface area contributed by atoms with E-state index in [1.54, 1.807) is 37.4 Å². The maximum Gasteiger partial charge on any atom is 0.249 e. The van der Waals surface area contributed by atoms with Gasteiger partial charge in [0.25, 0.3) is 0 Å². The lowest BCUT2D eigenvalue weighted by molar-refractivity contribution is -0.120. The number of ether oxygens (including phenoxy) is 1. The predicted octanol–water partition coefficient (Wildman–Crippen LogP) is 4.57. The lowest BCUT2D eigenvalue weighted by atomic mass is 10.0. The van der Waals surface area contributed by atoms with E-state index in [1.807, 2.05) is 19.9 Å². The van der Waals surface area contributed by atoms with Crippen molar-refractivity contribution in [2.24, 2.45) is 5.92 Å². The van der Waals surface area contributed by atoms with Crippen LogP contribution in [0, 0.1) is 5.92 Å². The van der Waals surface area contributed by atoms with Crippen LogP contribution in [0.2, 0.25) is 0 Å². The molecule has 176 valence electrons.